The molecule has 77 heavy (non-hydrogen) atoms. The van der Waals surface area contributed by atoms with Crippen molar-refractivity contribution in [2.75, 3.05) is 27.2 Å². The van der Waals surface area contributed by atoms with Crippen LogP contribution in [0.5, 0.6) is 0 Å². The molecule has 6 atom stereocenters. The molecule has 1 heterocycles. The van der Waals surface area contributed by atoms with Gasteiger partial charge in [0.15, 0.2) is 0 Å². The molecule has 2 aromatic carbocycles. The molecule has 1 aliphatic rings. The number of hydrogen-bond donors (Lipinski definition) is 9. The molecule has 0 bridgehead atoms. The molecule has 2 aromatic rings. The molecule has 0 radical (unpaired) electrons. The predicted molar refractivity (Wildman–Crippen MR) is 293 cm³/mol. The number of rotatable bonds is 30. The van der Waals surface area contributed by atoms with Crippen molar-refractivity contribution in [1.82, 2.24) is 46.4 Å². The second-order valence-electron chi connectivity index (χ2n) is 21.9. The van der Waals surface area contributed by atoms with Gasteiger partial charge in [0, 0.05) is 56.2 Å². The third-order valence-corrected chi connectivity index (χ3v) is 15.0. The quantitative estimate of drug-likeness (QED) is 0.0236. The van der Waals surface area contributed by atoms with E-state index >= 15 is 0 Å². The average Bonchev–Trinajstić information content (AvgIpc) is 3.68. The van der Waals surface area contributed by atoms with E-state index in [1.54, 1.807) is 34.0 Å². The van der Waals surface area contributed by atoms with E-state index in [1.807, 2.05) is 78.8 Å². The van der Waals surface area contributed by atoms with E-state index < -0.39 is 87.0 Å². The van der Waals surface area contributed by atoms with Crippen molar-refractivity contribution in [3.8, 4) is 0 Å². The first-order valence-corrected chi connectivity index (χ1v) is 27.6. The van der Waals surface area contributed by atoms with Crippen LogP contribution in [0.1, 0.15) is 119 Å². The highest BCUT2D eigenvalue weighted by molar-refractivity contribution is 7.90. The van der Waals surface area contributed by atoms with Crippen molar-refractivity contribution < 1.29 is 51.9 Å². The lowest BCUT2D eigenvalue weighted by molar-refractivity contribution is -0.139. The van der Waals surface area contributed by atoms with Crippen LogP contribution in [-0.2, 0) is 55.5 Å². The van der Waals surface area contributed by atoms with Crippen LogP contribution in [0.3, 0.4) is 0 Å². The fourth-order valence-electron chi connectivity index (χ4n) is 8.93. The summed E-state index contributed by atoms with van der Waals surface area (Å²) >= 11 is 0. The number of nitrogens with two attached hydrogens (primary N) is 1. The minimum absolute atomic E-state index is 0.0402. The van der Waals surface area contributed by atoms with Crippen LogP contribution in [0.2, 0.25) is 0 Å². The number of carbonyl (C=O) groups is 8. The highest BCUT2D eigenvalue weighted by Gasteiger charge is 2.42. The van der Waals surface area contributed by atoms with Gasteiger partial charge in [0.1, 0.15) is 18.3 Å². The summed E-state index contributed by atoms with van der Waals surface area (Å²) in [5.41, 5.74) is 5.48. The van der Waals surface area contributed by atoms with Gasteiger partial charge in [-0.2, -0.15) is 0 Å². The van der Waals surface area contributed by atoms with Crippen LogP contribution in [0.15, 0.2) is 83.3 Å². The topological polar surface area (TPSA) is 308 Å². The zero-order valence-corrected chi connectivity index (χ0v) is 47.6. The Morgan fingerprint density at radius 1 is 0.805 bits per heavy atom. The van der Waals surface area contributed by atoms with E-state index in [2.05, 4.69) is 36.6 Å². The van der Waals surface area contributed by atoms with Crippen LogP contribution in [0.25, 0.3) is 0 Å². The van der Waals surface area contributed by atoms with Gasteiger partial charge in [-0.15, -0.1) is 0 Å². The number of urea groups is 1. The lowest BCUT2D eigenvalue weighted by Crippen LogP contribution is -2.63. The number of aliphatic hydroxyl groups excluding tert-OH is 1. The third kappa shape index (κ3) is 19.5. The third-order valence-electron chi connectivity index (χ3n) is 13.6. The van der Waals surface area contributed by atoms with Gasteiger partial charge in [0.25, 0.3) is 27.7 Å². The first-order valence-electron chi connectivity index (χ1n) is 26.1. The summed E-state index contributed by atoms with van der Waals surface area (Å²) in [5.74, 6) is -4.20. The number of benzene rings is 2. The number of aliphatic hydroxyl groups is 1. The number of nitrogens with zero attached hydrogens (tertiary/aromatic N) is 2. The molecule has 0 fully saturated rings. The van der Waals surface area contributed by atoms with E-state index in [9.17, 15) is 51.9 Å². The Hall–Kier alpha value is -6.49. The van der Waals surface area contributed by atoms with Gasteiger partial charge in [-0.3, -0.25) is 43.8 Å². The molecule has 1 aliphatic heterocycles. The second kappa shape index (κ2) is 29.3. The van der Waals surface area contributed by atoms with Gasteiger partial charge < -0.3 is 42.3 Å². The number of sulfonamides is 1. The fourth-order valence-corrected chi connectivity index (χ4v) is 9.94. The highest BCUT2D eigenvalue weighted by atomic mass is 32.2. The van der Waals surface area contributed by atoms with Crippen molar-refractivity contribution in [3.63, 3.8) is 0 Å². The molecule has 0 saturated carbocycles. The molecule has 0 spiro atoms. The standard InChI is InChI=1S/C55H84N10O11S/c1-34(2)41(64(12)52(73)47(54(6,7)8)62-51(72)46(57-11)55(9,10)38-20-15-13-16-21-38)32-36(5)48(69)63-77(75,76)39-26-24-37(25-27-39)33-59-49(70)40(22-19-30-58-53(56)74)60-50(71)45(35(3)4)61-42(66)23-17-14-18-31-65-43(67)28-29-44(65)68/h13,15-16,20-21,24-29,32,34-35,40-41,45-47,51,57,62,72H,14,17-19,22-23,30-31,33H2,1-12H3,(H,59,70)(H,60,71)(H,61,66)(H,63,69)(H3,56,58,74). The molecule has 0 saturated heterocycles. The van der Waals surface area contributed by atoms with E-state index in [1.165, 1.54) is 48.2 Å². The van der Waals surface area contributed by atoms with Crippen molar-refractivity contribution in [1.29, 1.82) is 0 Å². The van der Waals surface area contributed by atoms with Gasteiger partial charge in [-0.25, -0.2) is 17.9 Å². The Morgan fingerprint density at radius 2 is 1.42 bits per heavy atom. The Labute approximate surface area is 454 Å². The van der Waals surface area contributed by atoms with Crippen LogP contribution >= 0.6 is 0 Å². The van der Waals surface area contributed by atoms with E-state index in [0.717, 1.165) is 10.5 Å². The molecule has 22 heteroatoms. The number of likely N-dealkylation sites (N-methyl/N-ethyl adjacent to an activating group) is 2. The summed E-state index contributed by atoms with van der Waals surface area (Å²) in [6.07, 6.45) is 4.72. The number of amides is 9. The number of imide groups is 1. The van der Waals surface area contributed by atoms with E-state index in [-0.39, 0.29) is 78.9 Å². The summed E-state index contributed by atoms with van der Waals surface area (Å²) in [6.45, 7) is 18.6. The maximum Gasteiger partial charge on any atom is 0.312 e. The minimum atomic E-state index is -4.41. The van der Waals surface area contributed by atoms with E-state index in [0.29, 0.717) is 24.8 Å². The molecule has 0 aliphatic carbocycles. The normalized spacial score (nSPS) is 15.6. The van der Waals surface area contributed by atoms with Gasteiger partial charge in [-0.05, 0) is 80.2 Å². The summed E-state index contributed by atoms with van der Waals surface area (Å²) in [7, 11) is -1.05. The second-order valence-corrected chi connectivity index (χ2v) is 23.5. The zero-order chi connectivity index (χ0) is 58.0. The van der Waals surface area contributed by atoms with Gasteiger partial charge in [-0.1, -0.05) is 117 Å². The van der Waals surface area contributed by atoms with Crippen LogP contribution < -0.4 is 42.4 Å². The Bertz CT molecular complexity index is 2530. The Morgan fingerprint density at radius 3 is 1.96 bits per heavy atom. The van der Waals surface area contributed by atoms with Crippen molar-refractivity contribution >= 4 is 57.4 Å². The number of carbonyl (C=O) groups excluding carboxylic acids is 8. The molecular formula is C55H84N10O11S. The van der Waals surface area contributed by atoms with Crippen molar-refractivity contribution in [3.05, 3.63) is 89.5 Å². The van der Waals surface area contributed by atoms with Crippen LogP contribution in [0, 0.1) is 17.3 Å². The molecule has 6 unspecified atom stereocenters. The monoisotopic (exact) mass is 1090 g/mol. The summed E-state index contributed by atoms with van der Waals surface area (Å²) in [6, 6.07) is 10.3. The Balaban J connectivity index is 1.67. The smallest absolute Gasteiger partial charge is 0.312 e. The lowest BCUT2D eigenvalue weighted by atomic mass is 9.76. The highest BCUT2D eigenvalue weighted by Crippen LogP contribution is 2.30. The predicted octanol–water partition coefficient (Wildman–Crippen LogP) is 2.99. The SMILES string of the molecule is CNC(C(O)NC(C(=O)N(C)C(C=C(C)C(=O)NS(=O)(=O)c1ccc(CNC(=O)C(CCCNC(N)=O)NC(=O)C(NC(=O)CCCCCN2C(=O)C=CC2=O)C(C)C)cc1)C(C)C)C(C)(C)C)C(C)(C)c1ccccc1. The fraction of sp³-hybridized carbons (Fsp3) is 0.564. The maximum absolute atomic E-state index is 14.4. The maximum atomic E-state index is 14.4. The molecular weight excluding hydrogens is 1010 g/mol. The lowest BCUT2D eigenvalue weighted by Gasteiger charge is -2.42. The van der Waals surface area contributed by atoms with Gasteiger partial charge in [0.05, 0.1) is 23.0 Å². The first kappa shape index (κ1) is 64.8. The zero-order valence-electron chi connectivity index (χ0n) is 46.8. The van der Waals surface area contributed by atoms with Gasteiger partial charge in [0.2, 0.25) is 23.6 Å². The molecule has 0 aromatic heterocycles. The molecule has 3 rings (SSSR count). The summed E-state index contributed by atoms with van der Waals surface area (Å²) < 4.78 is 29.2. The first-order chi connectivity index (χ1) is 35.9. The minimum Gasteiger partial charge on any atom is -0.377 e. The molecule has 426 valence electrons. The number of unbranched alkanes of at least 4 members (excludes halogenated alkanes) is 2. The van der Waals surface area contributed by atoms with Crippen LogP contribution in [-0.4, -0.2) is 134 Å². The molecule has 10 N–H and O–H groups in total. The molecule has 21 nitrogen and oxygen atoms in total. The molecule has 9 amide bonds. The van der Waals surface area contributed by atoms with Crippen molar-refractivity contribution in [2.45, 2.75) is 161 Å². The van der Waals surface area contributed by atoms with Gasteiger partial charge >= 0.3 is 6.03 Å². The van der Waals surface area contributed by atoms with Crippen molar-refractivity contribution in [2.24, 2.45) is 23.0 Å². The Kier molecular flexibility index (Phi) is 24.7. The average molecular weight is 1090 g/mol. The van der Waals surface area contributed by atoms with E-state index in [4.69, 9.17) is 5.73 Å². The largest absolute Gasteiger partial charge is 0.377 e. The summed E-state index contributed by atoms with van der Waals surface area (Å²) in [4.78, 5) is 105. The number of hydrogen-bond acceptors (Lipinski definition) is 13. The summed E-state index contributed by atoms with van der Waals surface area (Å²) in [5, 5.41) is 28.7. The number of primary amides is 1. The van der Waals surface area contributed by atoms with Crippen LogP contribution in [0.4, 0.5) is 4.79 Å². The number of nitrogens with one attached hydrogen (secondary N) is 7.